The van der Waals surface area contributed by atoms with Crippen LogP contribution in [0.2, 0.25) is 0 Å². The van der Waals surface area contributed by atoms with E-state index in [0.29, 0.717) is 6.04 Å². The van der Waals surface area contributed by atoms with Crippen molar-refractivity contribution in [3.63, 3.8) is 0 Å². The van der Waals surface area contributed by atoms with Crippen molar-refractivity contribution in [2.45, 2.75) is 18.9 Å². The summed E-state index contributed by atoms with van der Waals surface area (Å²) in [5, 5.41) is 9.02. The van der Waals surface area contributed by atoms with Crippen molar-refractivity contribution in [2.75, 3.05) is 16.8 Å². The van der Waals surface area contributed by atoms with Gasteiger partial charge in [-0.3, -0.25) is 0 Å². The predicted molar refractivity (Wildman–Crippen MR) is 56.2 cm³/mol. The zero-order chi connectivity index (χ0) is 9.10. The highest BCUT2D eigenvalue weighted by Gasteiger charge is 2.24. The van der Waals surface area contributed by atoms with Gasteiger partial charge in [0.1, 0.15) is 0 Å². The molecule has 0 saturated carbocycles. The number of alkyl halides is 1. The van der Waals surface area contributed by atoms with E-state index >= 15 is 0 Å². The molecule has 0 amide bonds. The van der Waals surface area contributed by atoms with Crippen LogP contribution in [0, 0.1) is 0 Å². The largest absolute Gasteiger partial charge is 0.351 e. The Morgan fingerprint density at radius 3 is 3.23 bits per heavy atom. The molecule has 0 bridgehead atoms. The highest BCUT2D eigenvalue weighted by Crippen LogP contribution is 2.23. The molecule has 2 rings (SSSR count). The van der Waals surface area contributed by atoms with E-state index in [4.69, 9.17) is 0 Å². The van der Waals surface area contributed by atoms with Crippen LogP contribution in [0.3, 0.4) is 0 Å². The Labute approximate surface area is 86.3 Å². The maximum absolute atomic E-state index is 4.11. The molecular weight excluding hydrogens is 230 g/mol. The number of nitrogens with zero attached hydrogens (tertiary/aromatic N) is 3. The minimum Gasteiger partial charge on any atom is -0.351 e. The van der Waals surface area contributed by atoms with Crippen LogP contribution in [-0.2, 0) is 0 Å². The van der Waals surface area contributed by atoms with Gasteiger partial charge >= 0.3 is 0 Å². The first kappa shape index (κ1) is 8.94. The SMILES string of the molecule is BrCC1CCCN1c1cccnn1. The standard InChI is InChI=1S/C9H12BrN3/c10-7-8-3-2-6-13(8)9-4-1-5-11-12-9/h1,4-5,8H,2-3,6-7H2. The monoisotopic (exact) mass is 241 g/mol. The molecule has 1 aromatic rings. The fraction of sp³-hybridized carbons (Fsp3) is 0.556. The first-order valence-corrected chi connectivity index (χ1v) is 5.64. The molecule has 0 spiro atoms. The molecule has 70 valence electrons. The summed E-state index contributed by atoms with van der Waals surface area (Å²) in [5.41, 5.74) is 0. The Hall–Kier alpha value is -0.640. The summed E-state index contributed by atoms with van der Waals surface area (Å²) in [4.78, 5) is 2.32. The molecule has 1 aromatic heterocycles. The maximum atomic E-state index is 4.11. The van der Waals surface area contributed by atoms with E-state index in [0.717, 1.165) is 17.7 Å². The summed E-state index contributed by atoms with van der Waals surface area (Å²) >= 11 is 3.52. The summed E-state index contributed by atoms with van der Waals surface area (Å²) in [5.74, 6) is 1.00. The second-order valence-electron chi connectivity index (χ2n) is 3.23. The lowest BCUT2D eigenvalue weighted by Crippen LogP contribution is -2.31. The van der Waals surface area contributed by atoms with Crippen molar-refractivity contribution in [2.24, 2.45) is 0 Å². The smallest absolute Gasteiger partial charge is 0.151 e. The van der Waals surface area contributed by atoms with Crippen LogP contribution >= 0.6 is 15.9 Å². The van der Waals surface area contributed by atoms with E-state index in [9.17, 15) is 0 Å². The lowest BCUT2D eigenvalue weighted by atomic mass is 10.2. The van der Waals surface area contributed by atoms with E-state index in [1.54, 1.807) is 6.20 Å². The normalized spacial score (nSPS) is 22.2. The van der Waals surface area contributed by atoms with Gasteiger partial charge < -0.3 is 4.90 Å². The van der Waals surface area contributed by atoms with Gasteiger partial charge in [0.15, 0.2) is 5.82 Å². The van der Waals surface area contributed by atoms with Crippen LogP contribution in [0.5, 0.6) is 0 Å². The topological polar surface area (TPSA) is 29.0 Å². The van der Waals surface area contributed by atoms with Crippen LogP contribution in [0.15, 0.2) is 18.3 Å². The quantitative estimate of drug-likeness (QED) is 0.741. The first-order chi connectivity index (χ1) is 6.42. The van der Waals surface area contributed by atoms with Gasteiger partial charge in [0.2, 0.25) is 0 Å². The molecule has 1 aliphatic heterocycles. The minimum absolute atomic E-state index is 0.594. The zero-order valence-electron chi connectivity index (χ0n) is 7.36. The fourth-order valence-corrected chi connectivity index (χ4v) is 2.42. The molecule has 13 heavy (non-hydrogen) atoms. The first-order valence-electron chi connectivity index (χ1n) is 4.52. The van der Waals surface area contributed by atoms with Crippen molar-refractivity contribution in [1.82, 2.24) is 10.2 Å². The highest BCUT2D eigenvalue weighted by atomic mass is 79.9. The zero-order valence-corrected chi connectivity index (χ0v) is 8.94. The van der Waals surface area contributed by atoms with E-state index < -0.39 is 0 Å². The fourth-order valence-electron chi connectivity index (χ4n) is 1.74. The van der Waals surface area contributed by atoms with Gasteiger partial charge in [-0.1, -0.05) is 15.9 Å². The Morgan fingerprint density at radius 1 is 1.62 bits per heavy atom. The third-order valence-electron chi connectivity index (χ3n) is 2.41. The molecule has 4 heteroatoms. The molecule has 1 aliphatic rings. The number of hydrogen-bond donors (Lipinski definition) is 0. The van der Waals surface area contributed by atoms with Crippen molar-refractivity contribution >= 4 is 21.7 Å². The van der Waals surface area contributed by atoms with Gasteiger partial charge in [0.25, 0.3) is 0 Å². The number of hydrogen-bond acceptors (Lipinski definition) is 3. The molecule has 3 nitrogen and oxygen atoms in total. The van der Waals surface area contributed by atoms with Crippen LogP contribution in [-0.4, -0.2) is 28.1 Å². The molecule has 1 fully saturated rings. The Bertz CT molecular complexity index is 265. The number of anilines is 1. The van der Waals surface area contributed by atoms with E-state index in [-0.39, 0.29) is 0 Å². The van der Waals surface area contributed by atoms with E-state index in [1.807, 2.05) is 12.1 Å². The van der Waals surface area contributed by atoms with Crippen LogP contribution in [0.25, 0.3) is 0 Å². The van der Waals surface area contributed by atoms with Crippen molar-refractivity contribution in [1.29, 1.82) is 0 Å². The average molecular weight is 242 g/mol. The molecule has 1 unspecified atom stereocenters. The van der Waals surface area contributed by atoms with Crippen molar-refractivity contribution in [3.8, 4) is 0 Å². The van der Waals surface area contributed by atoms with Gasteiger partial charge in [-0.15, -0.1) is 5.10 Å². The summed E-state index contributed by atoms with van der Waals surface area (Å²) in [6, 6.07) is 4.55. The highest BCUT2D eigenvalue weighted by molar-refractivity contribution is 9.09. The van der Waals surface area contributed by atoms with Gasteiger partial charge in [-0.2, -0.15) is 5.10 Å². The lowest BCUT2D eigenvalue weighted by molar-refractivity contribution is 0.734. The molecule has 1 saturated heterocycles. The summed E-state index contributed by atoms with van der Waals surface area (Å²) in [6.07, 6.45) is 4.22. The summed E-state index contributed by atoms with van der Waals surface area (Å²) in [6.45, 7) is 1.11. The van der Waals surface area contributed by atoms with E-state index in [2.05, 4.69) is 31.0 Å². The number of rotatable bonds is 2. The maximum Gasteiger partial charge on any atom is 0.151 e. The minimum atomic E-state index is 0.594. The second kappa shape index (κ2) is 4.05. The second-order valence-corrected chi connectivity index (χ2v) is 3.87. The van der Waals surface area contributed by atoms with Crippen molar-refractivity contribution < 1.29 is 0 Å². The molecule has 0 aromatic carbocycles. The summed E-state index contributed by atoms with van der Waals surface area (Å²) in [7, 11) is 0. The van der Waals surface area contributed by atoms with Gasteiger partial charge in [0.05, 0.1) is 0 Å². The molecule has 1 atom stereocenters. The molecule has 0 radical (unpaired) electrons. The van der Waals surface area contributed by atoms with Crippen LogP contribution < -0.4 is 4.90 Å². The molecule has 0 N–H and O–H groups in total. The average Bonchev–Trinajstić information content (AvgIpc) is 2.67. The Balaban J connectivity index is 2.16. The van der Waals surface area contributed by atoms with Crippen molar-refractivity contribution in [3.05, 3.63) is 18.3 Å². The van der Waals surface area contributed by atoms with Crippen LogP contribution in [0.1, 0.15) is 12.8 Å². The van der Waals surface area contributed by atoms with Gasteiger partial charge in [-0.05, 0) is 25.0 Å². The van der Waals surface area contributed by atoms with Gasteiger partial charge in [0, 0.05) is 24.1 Å². The Kier molecular flexibility index (Phi) is 2.78. The van der Waals surface area contributed by atoms with E-state index in [1.165, 1.54) is 12.8 Å². The summed E-state index contributed by atoms with van der Waals surface area (Å²) < 4.78 is 0. The molecule has 2 heterocycles. The Morgan fingerprint density at radius 2 is 2.54 bits per heavy atom. The number of aromatic nitrogens is 2. The third-order valence-corrected chi connectivity index (χ3v) is 3.16. The predicted octanol–water partition coefficient (Wildman–Crippen LogP) is 1.84. The number of halogens is 1. The lowest BCUT2D eigenvalue weighted by Gasteiger charge is -2.23. The van der Waals surface area contributed by atoms with Crippen LogP contribution in [0.4, 0.5) is 5.82 Å². The molecular formula is C9H12BrN3. The third kappa shape index (κ3) is 1.82. The molecule has 0 aliphatic carbocycles. The van der Waals surface area contributed by atoms with Gasteiger partial charge in [-0.25, -0.2) is 0 Å².